The van der Waals surface area contributed by atoms with Crippen LogP contribution in [-0.4, -0.2) is 23.2 Å². The first-order valence-corrected chi connectivity index (χ1v) is 5.55. The number of carbonyl (C=O) groups is 1. The second-order valence-corrected chi connectivity index (χ2v) is 4.05. The van der Waals surface area contributed by atoms with E-state index in [0.29, 0.717) is 24.2 Å². The predicted octanol–water partition coefficient (Wildman–Crippen LogP) is 1.87. The van der Waals surface area contributed by atoms with Crippen molar-refractivity contribution in [1.29, 1.82) is 0 Å². The monoisotopic (exact) mass is 225 g/mol. The van der Waals surface area contributed by atoms with Crippen LogP contribution in [0.15, 0.2) is 16.7 Å². The van der Waals surface area contributed by atoms with Crippen molar-refractivity contribution in [2.24, 2.45) is 0 Å². The molecule has 16 heavy (non-hydrogen) atoms. The molecule has 0 aliphatic rings. The van der Waals surface area contributed by atoms with Crippen LogP contribution in [0.25, 0.3) is 0 Å². The lowest BCUT2D eigenvalue weighted by Gasteiger charge is -2.30. The molecule has 0 aliphatic carbocycles. The van der Waals surface area contributed by atoms with E-state index in [0.717, 1.165) is 0 Å². The highest BCUT2D eigenvalue weighted by Gasteiger charge is 2.27. The number of hydrogen-bond donors (Lipinski definition) is 2. The Labute approximate surface area is 95.7 Å². The molecule has 0 aromatic carbocycles. The zero-order chi connectivity index (χ0) is 12.2. The minimum atomic E-state index is -0.526. The molecular formula is C12H19NO3. The number of hydrogen-bond acceptors (Lipinski definition) is 3. The van der Waals surface area contributed by atoms with Gasteiger partial charge in [-0.1, -0.05) is 13.8 Å². The third-order valence-electron chi connectivity index (χ3n) is 3.03. The molecule has 0 saturated heterocycles. The van der Waals surface area contributed by atoms with Gasteiger partial charge in [0.2, 0.25) is 0 Å². The molecule has 0 saturated carbocycles. The predicted molar refractivity (Wildman–Crippen MR) is 61.3 cm³/mol. The number of rotatable bonds is 5. The van der Waals surface area contributed by atoms with Gasteiger partial charge in [0.15, 0.2) is 0 Å². The molecule has 0 radical (unpaired) electrons. The number of aliphatic hydroxyl groups is 1. The summed E-state index contributed by atoms with van der Waals surface area (Å²) in [7, 11) is 0. The highest BCUT2D eigenvalue weighted by Crippen LogP contribution is 2.16. The number of aryl methyl sites for hydroxylation is 1. The van der Waals surface area contributed by atoms with Gasteiger partial charge in [0, 0.05) is 0 Å². The summed E-state index contributed by atoms with van der Waals surface area (Å²) >= 11 is 0. The molecule has 1 amide bonds. The Hall–Kier alpha value is -1.29. The van der Waals surface area contributed by atoms with Crippen LogP contribution >= 0.6 is 0 Å². The van der Waals surface area contributed by atoms with Gasteiger partial charge in [0.1, 0.15) is 12.0 Å². The molecule has 4 nitrogen and oxygen atoms in total. The Kier molecular flexibility index (Phi) is 4.12. The van der Waals surface area contributed by atoms with Crippen molar-refractivity contribution < 1.29 is 14.3 Å². The normalized spacial score (nSPS) is 11.5. The van der Waals surface area contributed by atoms with E-state index < -0.39 is 5.54 Å². The van der Waals surface area contributed by atoms with Crippen molar-refractivity contribution in [2.75, 3.05) is 6.61 Å². The van der Waals surface area contributed by atoms with Gasteiger partial charge in [-0.3, -0.25) is 4.79 Å². The van der Waals surface area contributed by atoms with Gasteiger partial charge in [0.05, 0.1) is 17.7 Å². The van der Waals surface area contributed by atoms with E-state index in [1.165, 1.54) is 6.26 Å². The van der Waals surface area contributed by atoms with Gasteiger partial charge >= 0.3 is 0 Å². The lowest BCUT2D eigenvalue weighted by atomic mass is 9.93. The smallest absolute Gasteiger partial charge is 0.255 e. The fraction of sp³-hybridized carbons (Fsp3) is 0.583. The van der Waals surface area contributed by atoms with Crippen LogP contribution in [0.2, 0.25) is 0 Å². The molecule has 0 aliphatic heterocycles. The minimum absolute atomic E-state index is 0.0530. The topological polar surface area (TPSA) is 62.5 Å². The number of aliphatic hydroxyl groups excluding tert-OH is 1. The standard InChI is InChI=1S/C12H19NO3/c1-4-12(5-2,8-14)13-11(15)10-6-9(3)16-7-10/h6-7,14H,4-5,8H2,1-3H3,(H,13,15). The van der Waals surface area contributed by atoms with E-state index in [1.807, 2.05) is 13.8 Å². The summed E-state index contributed by atoms with van der Waals surface area (Å²) in [5.74, 6) is 0.502. The molecular weight excluding hydrogens is 206 g/mol. The van der Waals surface area contributed by atoms with E-state index >= 15 is 0 Å². The Morgan fingerprint density at radius 1 is 1.50 bits per heavy atom. The van der Waals surface area contributed by atoms with Crippen LogP contribution in [0.5, 0.6) is 0 Å². The van der Waals surface area contributed by atoms with Crippen LogP contribution in [-0.2, 0) is 0 Å². The molecule has 0 fully saturated rings. The Bertz CT molecular complexity index is 345. The number of amides is 1. The lowest BCUT2D eigenvalue weighted by molar-refractivity contribution is 0.0817. The molecule has 4 heteroatoms. The van der Waals surface area contributed by atoms with Crippen molar-refractivity contribution in [1.82, 2.24) is 5.32 Å². The van der Waals surface area contributed by atoms with Crippen LogP contribution in [0.4, 0.5) is 0 Å². The first-order valence-electron chi connectivity index (χ1n) is 5.55. The highest BCUT2D eigenvalue weighted by atomic mass is 16.3. The summed E-state index contributed by atoms with van der Waals surface area (Å²) in [6, 6.07) is 1.68. The van der Waals surface area contributed by atoms with Crippen LogP contribution in [0.3, 0.4) is 0 Å². The van der Waals surface area contributed by atoms with Gasteiger partial charge in [0.25, 0.3) is 5.91 Å². The fourth-order valence-electron chi connectivity index (χ4n) is 1.57. The van der Waals surface area contributed by atoms with Crippen molar-refractivity contribution in [2.45, 2.75) is 39.2 Å². The third-order valence-corrected chi connectivity index (χ3v) is 3.03. The van der Waals surface area contributed by atoms with Crippen molar-refractivity contribution in [3.63, 3.8) is 0 Å². The summed E-state index contributed by atoms with van der Waals surface area (Å²) in [4.78, 5) is 11.9. The number of nitrogens with one attached hydrogen (secondary N) is 1. The first kappa shape index (κ1) is 12.8. The summed E-state index contributed by atoms with van der Waals surface area (Å²) in [5.41, 5.74) is -0.0281. The first-order chi connectivity index (χ1) is 7.56. The summed E-state index contributed by atoms with van der Waals surface area (Å²) in [5, 5.41) is 12.2. The minimum Gasteiger partial charge on any atom is -0.469 e. The molecule has 1 rings (SSSR count). The SMILES string of the molecule is CCC(CC)(CO)NC(=O)c1coc(C)c1. The second-order valence-electron chi connectivity index (χ2n) is 4.05. The van der Waals surface area contributed by atoms with Gasteiger partial charge in [-0.2, -0.15) is 0 Å². The lowest BCUT2D eigenvalue weighted by Crippen LogP contribution is -2.50. The van der Waals surface area contributed by atoms with E-state index in [1.54, 1.807) is 13.0 Å². The summed E-state index contributed by atoms with van der Waals surface area (Å²) in [6.07, 6.45) is 2.82. The van der Waals surface area contributed by atoms with E-state index in [4.69, 9.17) is 4.42 Å². The molecule has 1 heterocycles. The van der Waals surface area contributed by atoms with Crippen molar-refractivity contribution in [3.8, 4) is 0 Å². The van der Waals surface area contributed by atoms with Gasteiger partial charge < -0.3 is 14.8 Å². The van der Waals surface area contributed by atoms with Crippen molar-refractivity contribution >= 4 is 5.91 Å². The molecule has 2 N–H and O–H groups in total. The summed E-state index contributed by atoms with van der Waals surface area (Å²) < 4.78 is 5.08. The van der Waals surface area contributed by atoms with Crippen LogP contribution in [0, 0.1) is 6.92 Å². The Morgan fingerprint density at radius 3 is 2.50 bits per heavy atom. The highest BCUT2D eigenvalue weighted by molar-refractivity contribution is 5.94. The molecule has 0 spiro atoms. The Balaban J connectivity index is 2.76. The van der Waals surface area contributed by atoms with Crippen LogP contribution in [0.1, 0.15) is 42.8 Å². The largest absolute Gasteiger partial charge is 0.469 e. The average Bonchev–Trinajstić information content (AvgIpc) is 2.73. The number of furan rings is 1. The maximum Gasteiger partial charge on any atom is 0.255 e. The fourth-order valence-corrected chi connectivity index (χ4v) is 1.57. The van der Waals surface area contributed by atoms with Gasteiger partial charge in [-0.15, -0.1) is 0 Å². The molecule has 1 aromatic rings. The maximum absolute atomic E-state index is 11.9. The third kappa shape index (κ3) is 2.64. The van der Waals surface area contributed by atoms with Crippen LogP contribution < -0.4 is 5.32 Å². The molecule has 0 bridgehead atoms. The zero-order valence-corrected chi connectivity index (χ0v) is 10.0. The number of carbonyl (C=O) groups excluding carboxylic acids is 1. The molecule has 90 valence electrons. The van der Waals surface area contributed by atoms with Gasteiger partial charge in [-0.05, 0) is 25.8 Å². The second kappa shape index (κ2) is 5.16. The van der Waals surface area contributed by atoms with Crippen molar-refractivity contribution in [3.05, 3.63) is 23.7 Å². The maximum atomic E-state index is 11.9. The van der Waals surface area contributed by atoms with E-state index in [-0.39, 0.29) is 12.5 Å². The quantitative estimate of drug-likeness (QED) is 0.804. The molecule has 0 unspecified atom stereocenters. The zero-order valence-electron chi connectivity index (χ0n) is 10.0. The average molecular weight is 225 g/mol. The van der Waals surface area contributed by atoms with E-state index in [9.17, 15) is 9.90 Å². The summed E-state index contributed by atoms with van der Waals surface area (Å²) in [6.45, 7) is 5.62. The molecule has 1 aromatic heterocycles. The van der Waals surface area contributed by atoms with E-state index in [2.05, 4.69) is 5.32 Å². The Morgan fingerprint density at radius 2 is 2.12 bits per heavy atom. The van der Waals surface area contributed by atoms with Gasteiger partial charge in [-0.25, -0.2) is 0 Å². The molecule has 0 atom stereocenters.